The first-order valence-corrected chi connectivity index (χ1v) is 7.29. The minimum absolute atomic E-state index is 0.0699. The lowest BCUT2D eigenvalue weighted by molar-refractivity contribution is 0.241. The lowest BCUT2D eigenvalue weighted by Crippen LogP contribution is -2.30. The number of rotatable bonds is 5. The zero-order valence-corrected chi connectivity index (χ0v) is 13.1. The molecule has 0 saturated carbocycles. The normalized spacial score (nSPS) is 12.7. The van der Waals surface area contributed by atoms with Crippen LogP contribution in [0.25, 0.3) is 0 Å². The maximum absolute atomic E-state index is 13.5. The molecule has 2 aromatic rings. The van der Waals surface area contributed by atoms with Crippen molar-refractivity contribution < 1.29 is 4.39 Å². The second kappa shape index (κ2) is 7.03. The van der Waals surface area contributed by atoms with E-state index < -0.39 is 0 Å². The lowest BCUT2D eigenvalue weighted by atomic mass is 10.0. The fraction of sp³-hybridized carbons (Fsp3) is 0.294. The summed E-state index contributed by atoms with van der Waals surface area (Å²) in [6.45, 7) is 3.21. The van der Waals surface area contributed by atoms with Gasteiger partial charge in [-0.3, -0.25) is 4.90 Å². The van der Waals surface area contributed by atoms with Crippen molar-refractivity contribution >= 4 is 11.6 Å². The standard InChI is InChI=1S/C17H20ClFN2/c1-12-3-5-13(6-4-12)11-21(2)17(10-20)14-7-15(18)9-16(19)8-14/h3-9,17H,10-11,20H2,1-2H3. The van der Waals surface area contributed by atoms with E-state index in [4.69, 9.17) is 17.3 Å². The van der Waals surface area contributed by atoms with Crippen LogP contribution in [0.3, 0.4) is 0 Å². The highest BCUT2D eigenvalue weighted by atomic mass is 35.5. The number of hydrogen-bond donors (Lipinski definition) is 1. The molecule has 2 rings (SSSR count). The number of likely N-dealkylation sites (N-methyl/N-ethyl adjacent to an activating group) is 1. The van der Waals surface area contributed by atoms with Crippen LogP contribution in [-0.4, -0.2) is 18.5 Å². The molecule has 2 aromatic carbocycles. The van der Waals surface area contributed by atoms with Gasteiger partial charge in [0.05, 0.1) is 0 Å². The predicted molar refractivity (Wildman–Crippen MR) is 85.9 cm³/mol. The molecule has 0 radical (unpaired) electrons. The summed E-state index contributed by atoms with van der Waals surface area (Å²) in [5, 5.41) is 0.396. The van der Waals surface area contributed by atoms with Gasteiger partial charge >= 0.3 is 0 Å². The van der Waals surface area contributed by atoms with Crippen LogP contribution in [0.2, 0.25) is 5.02 Å². The van der Waals surface area contributed by atoms with Gasteiger partial charge in [0.15, 0.2) is 0 Å². The van der Waals surface area contributed by atoms with Crippen molar-refractivity contribution in [3.8, 4) is 0 Å². The molecule has 0 spiro atoms. The SMILES string of the molecule is Cc1ccc(CN(C)C(CN)c2cc(F)cc(Cl)c2)cc1. The summed E-state index contributed by atoms with van der Waals surface area (Å²) in [5.41, 5.74) is 9.11. The largest absolute Gasteiger partial charge is 0.329 e. The van der Waals surface area contributed by atoms with Crippen molar-refractivity contribution in [2.75, 3.05) is 13.6 Å². The Bertz CT molecular complexity index is 578. The van der Waals surface area contributed by atoms with Gasteiger partial charge in [0.1, 0.15) is 5.82 Å². The van der Waals surface area contributed by atoms with Crippen molar-refractivity contribution in [3.05, 3.63) is 70.0 Å². The first-order valence-electron chi connectivity index (χ1n) is 6.91. The van der Waals surface area contributed by atoms with Crippen LogP contribution in [0.1, 0.15) is 22.7 Å². The minimum Gasteiger partial charge on any atom is -0.329 e. The van der Waals surface area contributed by atoms with Crippen LogP contribution in [0.4, 0.5) is 4.39 Å². The summed E-state index contributed by atoms with van der Waals surface area (Å²) in [5.74, 6) is -0.334. The summed E-state index contributed by atoms with van der Waals surface area (Å²) in [6, 6.07) is 12.9. The summed E-state index contributed by atoms with van der Waals surface area (Å²) in [4.78, 5) is 2.11. The van der Waals surface area contributed by atoms with Crippen molar-refractivity contribution in [1.82, 2.24) is 4.90 Å². The number of benzene rings is 2. The maximum atomic E-state index is 13.5. The number of hydrogen-bond acceptors (Lipinski definition) is 2. The Balaban J connectivity index is 2.17. The molecule has 4 heteroatoms. The molecule has 1 atom stereocenters. The zero-order chi connectivity index (χ0) is 15.4. The maximum Gasteiger partial charge on any atom is 0.125 e. The van der Waals surface area contributed by atoms with E-state index >= 15 is 0 Å². The third-order valence-corrected chi connectivity index (χ3v) is 3.80. The molecular weight excluding hydrogens is 287 g/mol. The average Bonchev–Trinajstić information content (AvgIpc) is 2.41. The van der Waals surface area contributed by atoms with E-state index in [1.807, 2.05) is 7.05 Å². The Labute approximate surface area is 130 Å². The van der Waals surface area contributed by atoms with E-state index in [9.17, 15) is 4.39 Å². The van der Waals surface area contributed by atoms with Gasteiger partial charge in [0.25, 0.3) is 0 Å². The van der Waals surface area contributed by atoms with Gasteiger partial charge < -0.3 is 5.73 Å². The van der Waals surface area contributed by atoms with Crippen molar-refractivity contribution in [2.45, 2.75) is 19.5 Å². The Morgan fingerprint density at radius 1 is 1.19 bits per heavy atom. The highest BCUT2D eigenvalue weighted by molar-refractivity contribution is 6.30. The van der Waals surface area contributed by atoms with Crippen LogP contribution in [0, 0.1) is 12.7 Å². The zero-order valence-electron chi connectivity index (χ0n) is 12.3. The molecule has 0 aliphatic rings. The molecule has 0 aliphatic heterocycles. The second-order valence-corrected chi connectivity index (χ2v) is 5.79. The van der Waals surface area contributed by atoms with Gasteiger partial charge in [-0.15, -0.1) is 0 Å². The predicted octanol–water partition coefficient (Wildman–Crippen LogP) is 3.92. The van der Waals surface area contributed by atoms with Gasteiger partial charge in [0.2, 0.25) is 0 Å². The third-order valence-electron chi connectivity index (χ3n) is 3.58. The molecule has 0 fully saturated rings. The Hall–Kier alpha value is -1.42. The molecule has 0 heterocycles. The molecule has 1 unspecified atom stereocenters. The van der Waals surface area contributed by atoms with Crippen molar-refractivity contribution in [1.29, 1.82) is 0 Å². The fourth-order valence-electron chi connectivity index (χ4n) is 2.43. The molecule has 0 aliphatic carbocycles. The van der Waals surface area contributed by atoms with Crippen molar-refractivity contribution in [3.63, 3.8) is 0 Å². The second-order valence-electron chi connectivity index (χ2n) is 5.35. The molecule has 0 amide bonds. The highest BCUT2D eigenvalue weighted by Gasteiger charge is 2.17. The summed E-state index contributed by atoms with van der Waals surface area (Å²) in [6.07, 6.45) is 0. The number of nitrogens with zero attached hydrogens (tertiary/aromatic N) is 1. The molecule has 0 bridgehead atoms. The van der Waals surface area contributed by atoms with Crippen LogP contribution in [-0.2, 0) is 6.54 Å². The Morgan fingerprint density at radius 3 is 2.43 bits per heavy atom. The quantitative estimate of drug-likeness (QED) is 0.907. The van der Waals surface area contributed by atoms with Crippen molar-refractivity contribution in [2.24, 2.45) is 5.73 Å². The molecule has 21 heavy (non-hydrogen) atoms. The average molecular weight is 307 g/mol. The smallest absolute Gasteiger partial charge is 0.125 e. The highest BCUT2D eigenvalue weighted by Crippen LogP contribution is 2.24. The Morgan fingerprint density at radius 2 is 1.86 bits per heavy atom. The Kier molecular flexibility index (Phi) is 5.34. The van der Waals surface area contributed by atoms with Gasteiger partial charge in [-0.2, -0.15) is 0 Å². The topological polar surface area (TPSA) is 29.3 Å². The van der Waals surface area contributed by atoms with E-state index in [1.54, 1.807) is 6.07 Å². The number of nitrogens with two attached hydrogens (primary N) is 1. The molecule has 0 aromatic heterocycles. The molecule has 112 valence electrons. The first-order chi connectivity index (χ1) is 9.99. The third kappa shape index (κ3) is 4.27. The van der Waals surface area contributed by atoms with E-state index in [0.29, 0.717) is 11.6 Å². The lowest BCUT2D eigenvalue weighted by Gasteiger charge is -2.27. The summed E-state index contributed by atoms with van der Waals surface area (Å²) in [7, 11) is 1.98. The van der Waals surface area contributed by atoms with Gasteiger partial charge in [-0.05, 0) is 43.3 Å². The molecular formula is C17H20ClFN2. The number of aryl methyl sites for hydroxylation is 1. The van der Waals surface area contributed by atoms with E-state index in [-0.39, 0.29) is 11.9 Å². The summed E-state index contributed by atoms with van der Waals surface area (Å²) < 4.78 is 13.5. The van der Waals surface area contributed by atoms with Gasteiger partial charge in [-0.25, -0.2) is 4.39 Å². The van der Waals surface area contributed by atoms with E-state index in [1.165, 1.54) is 23.3 Å². The number of halogens is 2. The van der Waals surface area contributed by atoms with Crippen LogP contribution >= 0.6 is 11.6 Å². The monoisotopic (exact) mass is 306 g/mol. The molecule has 2 nitrogen and oxygen atoms in total. The minimum atomic E-state index is -0.334. The van der Waals surface area contributed by atoms with Crippen LogP contribution in [0.15, 0.2) is 42.5 Å². The van der Waals surface area contributed by atoms with Crippen LogP contribution in [0.5, 0.6) is 0 Å². The first kappa shape index (κ1) is 16.0. The van der Waals surface area contributed by atoms with Gasteiger partial charge in [0, 0.05) is 24.2 Å². The molecule has 0 saturated heterocycles. The van der Waals surface area contributed by atoms with E-state index in [0.717, 1.165) is 12.1 Å². The summed E-state index contributed by atoms with van der Waals surface area (Å²) >= 11 is 5.93. The van der Waals surface area contributed by atoms with Gasteiger partial charge in [-0.1, -0.05) is 41.4 Å². The molecule has 2 N–H and O–H groups in total. The fourth-order valence-corrected chi connectivity index (χ4v) is 2.66. The van der Waals surface area contributed by atoms with E-state index in [2.05, 4.69) is 36.1 Å². The van der Waals surface area contributed by atoms with Crippen LogP contribution < -0.4 is 5.73 Å².